The second kappa shape index (κ2) is 6.15. The van der Waals surface area contributed by atoms with Crippen LogP contribution in [0.15, 0.2) is 46.9 Å². The third-order valence-corrected chi connectivity index (χ3v) is 3.51. The number of hydrogen-bond donors (Lipinski definition) is 1. The maximum atomic E-state index is 11.0. The standard InChI is InChI=1S/C15H14BrNO3/c1-10-6-12(8-13(16)7-10)15(18)9-11-4-2-3-5-14(11)17(19)20/h2-8,15,18H,9H2,1H3. The van der Waals surface area contributed by atoms with Crippen LogP contribution in [0.5, 0.6) is 0 Å². The molecule has 2 aromatic rings. The van der Waals surface area contributed by atoms with E-state index in [-0.39, 0.29) is 12.1 Å². The Morgan fingerprint density at radius 3 is 2.65 bits per heavy atom. The van der Waals surface area contributed by atoms with Crippen molar-refractivity contribution in [2.75, 3.05) is 0 Å². The molecule has 0 fully saturated rings. The van der Waals surface area contributed by atoms with Crippen LogP contribution in [0.4, 0.5) is 5.69 Å². The first-order valence-electron chi connectivity index (χ1n) is 6.15. The average Bonchev–Trinajstić information content (AvgIpc) is 2.37. The highest BCUT2D eigenvalue weighted by Gasteiger charge is 2.17. The minimum atomic E-state index is -0.771. The van der Waals surface area contributed by atoms with Gasteiger partial charge >= 0.3 is 0 Å². The Morgan fingerprint density at radius 1 is 1.30 bits per heavy atom. The van der Waals surface area contributed by atoms with Crippen molar-refractivity contribution in [1.29, 1.82) is 0 Å². The summed E-state index contributed by atoms with van der Waals surface area (Å²) in [6.07, 6.45) is -0.556. The molecule has 1 unspecified atom stereocenters. The molecular formula is C15H14BrNO3. The molecule has 104 valence electrons. The van der Waals surface area contributed by atoms with Crippen LogP contribution in [-0.2, 0) is 6.42 Å². The van der Waals surface area contributed by atoms with Gasteiger partial charge in [0.2, 0.25) is 0 Å². The van der Waals surface area contributed by atoms with Gasteiger partial charge in [0.25, 0.3) is 5.69 Å². The maximum Gasteiger partial charge on any atom is 0.272 e. The SMILES string of the molecule is Cc1cc(Br)cc(C(O)Cc2ccccc2[N+](=O)[O-])c1. The van der Waals surface area contributed by atoms with Crippen molar-refractivity contribution in [1.82, 2.24) is 0 Å². The van der Waals surface area contributed by atoms with E-state index >= 15 is 0 Å². The summed E-state index contributed by atoms with van der Waals surface area (Å²) in [6.45, 7) is 1.94. The zero-order chi connectivity index (χ0) is 14.7. The predicted molar refractivity (Wildman–Crippen MR) is 80.6 cm³/mol. The highest BCUT2D eigenvalue weighted by Crippen LogP contribution is 2.27. The number of halogens is 1. The third kappa shape index (κ3) is 3.43. The van der Waals surface area contributed by atoms with Gasteiger partial charge in [0.1, 0.15) is 0 Å². The molecular weight excluding hydrogens is 322 g/mol. The molecule has 0 saturated carbocycles. The lowest BCUT2D eigenvalue weighted by Gasteiger charge is -2.12. The van der Waals surface area contributed by atoms with Crippen molar-refractivity contribution in [2.24, 2.45) is 0 Å². The Morgan fingerprint density at radius 2 is 2.00 bits per heavy atom. The monoisotopic (exact) mass is 335 g/mol. The zero-order valence-corrected chi connectivity index (χ0v) is 12.5. The van der Waals surface area contributed by atoms with Gasteiger partial charge in [-0.2, -0.15) is 0 Å². The highest BCUT2D eigenvalue weighted by atomic mass is 79.9. The molecule has 2 rings (SSSR count). The van der Waals surface area contributed by atoms with Crippen LogP contribution in [0.25, 0.3) is 0 Å². The molecule has 0 heterocycles. The van der Waals surface area contributed by atoms with E-state index < -0.39 is 11.0 Å². The molecule has 5 heteroatoms. The van der Waals surface area contributed by atoms with Gasteiger partial charge in [-0.1, -0.05) is 40.2 Å². The summed E-state index contributed by atoms with van der Waals surface area (Å²) in [5.41, 5.74) is 2.34. The van der Waals surface area contributed by atoms with E-state index in [1.54, 1.807) is 18.2 Å². The fourth-order valence-electron chi connectivity index (χ4n) is 2.14. The second-order valence-corrected chi connectivity index (χ2v) is 5.58. The van der Waals surface area contributed by atoms with Crippen molar-refractivity contribution < 1.29 is 10.0 Å². The number of hydrogen-bond acceptors (Lipinski definition) is 3. The van der Waals surface area contributed by atoms with Gasteiger partial charge in [-0.3, -0.25) is 10.1 Å². The van der Waals surface area contributed by atoms with Crippen molar-refractivity contribution >= 4 is 21.6 Å². The maximum absolute atomic E-state index is 11.0. The Bertz CT molecular complexity index is 623. The normalized spacial score (nSPS) is 12.2. The summed E-state index contributed by atoms with van der Waals surface area (Å²) < 4.78 is 0.883. The van der Waals surface area contributed by atoms with Crippen LogP contribution in [-0.4, -0.2) is 10.0 Å². The van der Waals surface area contributed by atoms with E-state index in [0.29, 0.717) is 5.56 Å². The Hall–Kier alpha value is -1.72. The number of nitro benzene ring substituents is 1. The van der Waals surface area contributed by atoms with E-state index in [0.717, 1.165) is 15.6 Å². The molecule has 2 aromatic carbocycles. The lowest BCUT2D eigenvalue weighted by Crippen LogP contribution is -2.04. The van der Waals surface area contributed by atoms with Gasteiger partial charge in [-0.15, -0.1) is 0 Å². The van der Waals surface area contributed by atoms with Crippen LogP contribution >= 0.6 is 15.9 Å². The van der Waals surface area contributed by atoms with Crippen molar-refractivity contribution in [2.45, 2.75) is 19.4 Å². The van der Waals surface area contributed by atoms with E-state index in [2.05, 4.69) is 15.9 Å². The van der Waals surface area contributed by atoms with Gasteiger partial charge in [0.05, 0.1) is 11.0 Å². The molecule has 1 N–H and O–H groups in total. The van der Waals surface area contributed by atoms with Crippen LogP contribution in [0, 0.1) is 17.0 Å². The molecule has 0 radical (unpaired) electrons. The van der Waals surface area contributed by atoms with Gasteiger partial charge < -0.3 is 5.11 Å². The van der Waals surface area contributed by atoms with Crippen LogP contribution in [0.1, 0.15) is 22.8 Å². The van der Waals surface area contributed by atoms with Gasteiger partial charge in [0, 0.05) is 22.5 Å². The molecule has 1 atom stereocenters. The molecule has 4 nitrogen and oxygen atoms in total. The number of aryl methyl sites for hydroxylation is 1. The molecule has 0 spiro atoms. The Labute approximate surface area is 125 Å². The van der Waals surface area contributed by atoms with Crippen molar-refractivity contribution in [3.05, 3.63) is 73.7 Å². The van der Waals surface area contributed by atoms with Gasteiger partial charge in [-0.05, 0) is 30.2 Å². The first-order valence-corrected chi connectivity index (χ1v) is 6.94. The molecule has 0 aliphatic rings. The lowest BCUT2D eigenvalue weighted by molar-refractivity contribution is -0.385. The highest BCUT2D eigenvalue weighted by molar-refractivity contribution is 9.10. The van der Waals surface area contributed by atoms with E-state index in [4.69, 9.17) is 0 Å². The van der Waals surface area contributed by atoms with Crippen molar-refractivity contribution in [3.8, 4) is 0 Å². The van der Waals surface area contributed by atoms with Crippen LogP contribution in [0.2, 0.25) is 0 Å². The van der Waals surface area contributed by atoms with Crippen LogP contribution in [0.3, 0.4) is 0 Å². The number of aliphatic hydroxyl groups excluding tert-OH is 1. The summed E-state index contributed by atoms with van der Waals surface area (Å²) in [5.74, 6) is 0. The molecule has 0 aliphatic carbocycles. The number of benzene rings is 2. The largest absolute Gasteiger partial charge is 0.388 e. The zero-order valence-electron chi connectivity index (χ0n) is 10.9. The molecule has 20 heavy (non-hydrogen) atoms. The topological polar surface area (TPSA) is 63.4 Å². The number of para-hydroxylation sites is 1. The molecule has 0 bridgehead atoms. The van der Waals surface area contributed by atoms with Gasteiger partial charge in [0.15, 0.2) is 0 Å². The average molecular weight is 336 g/mol. The molecule has 0 aliphatic heterocycles. The first kappa shape index (κ1) is 14.7. The summed E-state index contributed by atoms with van der Waals surface area (Å²) in [5, 5.41) is 21.3. The minimum absolute atomic E-state index is 0.0401. The Kier molecular flexibility index (Phi) is 4.52. The first-order chi connectivity index (χ1) is 9.47. The minimum Gasteiger partial charge on any atom is -0.388 e. The number of nitro groups is 1. The lowest BCUT2D eigenvalue weighted by atomic mass is 9.99. The predicted octanol–water partition coefficient (Wildman–Crippen LogP) is 3.94. The number of aliphatic hydroxyl groups is 1. The van der Waals surface area contributed by atoms with E-state index in [1.165, 1.54) is 6.07 Å². The van der Waals surface area contributed by atoms with Gasteiger partial charge in [-0.25, -0.2) is 0 Å². The summed E-state index contributed by atoms with van der Waals surface area (Å²) in [6, 6.07) is 12.1. The fourth-order valence-corrected chi connectivity index (χ4v) is 2.77. The molecule has 0 amide bonds. The third-order valence-electron chi connectivity index (χ3n) is 3.05. The van der Waals surface area contributed by atoms with E-state index in [9.17, 15) is 15.2 Å². The summed E-state index contributed by atoms with van der Waals surface area (Å²) in [4.78, 5) is 10.5. The molecule has 0 saturated heterocycles. The second-order valence-electron chi connectivity index (χ2n) is 4.67. The summed E-state index contributed by atoms with van der Waals surface area (Å²) >= 11 is 3.39. The number of nitrogens with zero attached hydrogens (tertiary/aromatic N) is 1. The fraction of sp³-hybridized carbons (Fsp3) is 0.200. The van der Waals surface area contributed by atoms with Crippen molar-refractivity contribution in [3.63, 3.8) is 0 Å². The smallest absolute Gasteiger partial charge is 0.272 e. The van der Waals surface area contributed by atoms with E-state index in [1.807, 2.05) is 25.1 Å². The Balaban J connectivity index is 2.28. The molecule has 0 aromatic heterocycles. The van der Waals surface area contributed by atoms with Crippen LogP contribution < -0.4 is 0 Å². The number of rotatable bonds is 4. The summed E-state index contributed by atoms with van der Waals surface area (Å²) in [7, 11) is 0. The quantitative estimate of drug-likeness (QED) is 0.679.